The molecule has 3 heterocycles. The number of carbonyl (C=O) groups excluding carboxylic acids is 1. The number of aryl methyl sites for hydroxylation is 1. The maximum absolute atomic E-state index is 13.2. The Hall–Kier alpha value is -4.87. The molecule has 2 fully saturated rings. The molecule has 0 unspecified atom stereocenters. The summed E-state index contributed by atoms with van der Waals surface area (Å²) in [6.07, 6.45) is 0.343. The highest BCUT2D eigenvalue weighted by molar-refractivity contribution is 5.98. The van der Waals surface area contributed by atoms with Crippen molar-refractivity contribution in [2.45, 2.75) is 26.4 Å². The highest BCUT2D eigenvalue weighted by Gasteiger charge is 2.17. The average molecular weight is 677 g/mol. The molecule has 0 aliphatic carbocycles. The predicted octanol–water partition coefficient (Wildman–Crippen LogP) is 6.02. The Morgan fingerprint density at radius 2 is 1.40 bits per heavy atom. The highest BCUT2D eigenvalue weighted by Crippen LogP contribution is 2.26. The summed E-state index contributed by atoms with van der Waals surface area (Å²) in [6, 6.07) is 27.1. The van der Waals surface area contributed by atoms with Crippen LogP contribution in [0.2, 0.25) is 0 Å². The van der Waals surface area contributed by atoms with Gasteiger partial charge < -0.3 is 24.3 Å². The predicted molar refractivity (Wildman–Crippen MR) is 193 cm³/mol. The number of imidazole rings is 1. The Labute approximate surface area is 292 Å². The molecule has 7 rings (SSSR count). The molecule has 4 aromatic carbocycles. The first kappa shape index (κ1) is 35.0. The number of para-hydroxylation sites is 2. The summed E-state index contributed by atoms with van der Waals surface area (Å²) in [7, 11) is 1.56. The number of carbonyl (C=O) groups is 2. The number of aromatic carboxylic acids is 1. The first-order valence-corrected chi connectivity index (χ1v) is 17.0. The maximum Gasteiger partial charge on any atom is 0.335 e. The molecule has 260 valence electrons. The topological polar surface area (TPSA) is 117 Å². The second kappa shape index (κ2) is 16.7. The number of carboxylic acids is 1. The van der Waals surface area contributed by atoms with Gasteiger partial charge in [0.15, 0.2) is 5.78 Å². The van der Waals surface area contributed by atoms with Crippen LogP contribution in [0.1, 0.15) is 43.0 Å². The van der Waals surface area contributed by atoms with E-state index in [0.717, 1.165) is 110 Å². The van der Waals surface area contributed by atoms with E-state index in [1.165, 1.54) is 5.56 Å². The van der Waals surface area contributed by atoms with Crippen molar-refractivity contribution < 1.29 is 28.9 Å². The normalized spacial score (nSPS) is 15.3. The highest BCUT2D eigenvalue weighted by atomic mass is 16.5. The zero-order valence-corrected chi connectivity index (χ0v) is 28.7. The monoisotopic (exact) mass is 676 g/mol. The molecule has 0 atom stereocenters. The van der Waals surface area contributed by atoms with Crippen molar-refractivity contribution in [3.63, 3.8) is 0 Å². The van der Waals surface area contributed by atoms with E-state index in [2.05, 4.69) is 27.8 Å². The van der Waals surface area contributed by atoms with Gasteiger partial charge in [-0.3, -0.25) is 14.6 Å². The van der Waals surface area contributed by atoms with Gasteiger partial charge in [-0.25, -0.2) is 9.78 Å². The molecular formula is C40H44N4O6. The molecule has 10 nitrogen and oxygen atoms in total. The molecule has 1 aromatic heterocycles. The fraction of sp³-hybridized carbons (Fsp3) is 0.325. The zero-order chi connectivity index (χ0) is 34.9. The van der Waals surface area contributed by atoms with Crippen molar-refractivity contribution in [1.82, 2.24) is 19.8 Å². The fourth-order valence-electron chi connectivity index (χ4n) is 6.32. The third-order valence-electron chi connectivity index (χ3n) is 9.21. The van der Waals surface area contributed by atoms with Gasteiger partial charge in [0.25, 0.3) is 0 Å². The van der Waals surface area contributed by atoms with Crippen LogP contribution >= 0.6 is 0 Å². The largest absolute Gasteiger partial charge is 0.496 e. The quantitative estimate of drug-likeness (QED) is 0.171. The molecular weight excluding hydrogens is 632 g/mol. The number of aromatic nitrogens is 2. The summed E-state index contributed by atoms with van der Waals surface area (Å²) < 4.78 is 16.0. The molecule has 2 saturated heterocycles. The number of benzene rings is 4. The number of fused-ring (bicyclic) bond motifs is 1. The standard InChI is InChI=1S/C27H27N3O2.C13H17NO4/c1-19-16-21(10-11-22(19)18-30-12-14-32-15-13-30)26(31)17-20-6-2-3-7-23(20)27-28-24-8-4-5-9-25(24)29-27;1-17-12-8-10(13(15)16)2-3-11(12)9-14-4-6-18-7-5-14/h2-11,16H,12-15,17-18H2,1H3,(H,28,29);2-3,8H,4-7,9H2,1H3,(H,15,16). The van der Waals surface area contributed by atoms with E-state index in [4.69, 9.17) is 24.3 Å². The van der Waals surface area contributed by atoms with Crippen LogP contribution in [-0.2, 0) is 29.0 Å². The number of methoxy groups -OCH3 is 1. The fourth-order valence-corrected chi connectivity index (χ4v) is 6.32. The number of aromatic amines is 1. The number of nitrogens with one attached hydrogen (secondary N) is 1. The Kier molecular flexibility index (Phi) is 11.7. The molecule has 2 N–H and O–H groups in total. The molecule has 10 heteroatoms. The third kappa shape index (κ3) is 8.83. The van der Waals surface area contributed by atoms with Crippen LogP contribution in [0, 0.1) is 6.92 Å². The number of hydrogen-bond donors (Lipinski definition) is 2. The van der Waals surface area contributed by atoms with Crippen LogP contribution in [-0.4, -0.2) is 96.3 Å². The lowest BCUT2D eigenvalue weighted by Gasteiger charge is -2.27. The van der Waals surface area contributed by atoms with E-state index in [1.807, 2.05) is 66.7 Å². The number of morpholine rings is 2. The molecule has 5 aromatic rings. The van der Waals surface area contributed by atoms with Crippen molar-refractivity contribution in [3.05, 3.63) is 118 Å². The van der Waals surface area contributed by atoms with E-state index in [9.17, 15) is 9.59 Å². The third-order valence-corrected chi connectivity index (χ3v) is 9.21. The van der Waals surface area contributed by atoms with Gasteiger partial charge in [-0.05, 0) is 53.9 Å². The first-order chi connectivity index (χ1) is 24.4. The molecule has 0 bridgehead atoms. The molecule has 0 radical (unpaired) electrons. The zero-order valence-electron chi connectivity index (χ0n) is 28.7. The first-order valence-electron chi connectivity index (χ1n) is 17.0. The number of nitrogens with zero attached hydrogens (tertiary/aromatic N) is 3. The minimum atomic E-state index is -0.939. The summed E-state index contributed by atoms with van der Waals surface area (Å²) in [5, 5.41) is 8.93. The number of carboxylic acid groups (broad SMARTS) is 1. The SMILES string of the molecule is COc1cc(C(=O)O)ccc1CN1CCOCC1.Cc1cc(C(=O)Cc2ccccc2-c2nc3ccccc3[nH]2)ccc1CN1CCOCC1. The number of H-pyrrole nitrogens is 1. The van der Waals surface area contributed by atoms with E-state index >= 15 is 0 Å². The van der Waals surface area contributed by atoms with Crippen LogP contribution in [0.15, 0.2) is 84.9 Å². The number of ketones is 1. The van der Waals surface area contributed by atoms with Gasteiger partial charge in [-0.15, -0.1) is 0 Å². The van der Waals surface area contributed by atoms with E-state index in [-0.39, 0.29) is 11.3 Å². The summed E-state index contributed by atoms with van der Waals surface area (Å²) in [4.78, 5) is 36.8. The second-order valence-corrected chi connectivity index (χ2v) is 12.6. The summed E-state index contributed by atoms with van der Waals surface area (Å²) in [5.74, 6) is 0.605. The second-order valence-electron chi connectivity index (χ2n) is 12.6. The van der Waals surface area contributed by atoms with Crippen LogP contribution in [0.3, 0.4) is 0 Å². The minimum absolute atomic E-state index is 0.120. The van der Waals surface area contributed by atoms with Crippen molar-refractivity contribution in [3.8, 4) is 17.1 Å². The lowest BCUT2D eigenvalue weighted by atomic mass is 9.96. The molecule has 50 heavy (non-hydrogen) atoms. The average Bonchev–Trinajstić information content (AvgIpc) is 3.58. The van der Waals surface area contributed by atoms with E-state index in [0.29, 0.717) is 12.2 Å². The van der Waals surface area contributed by atoms with Crippen molar-refractivity contribution in [2.75, 3.05) is 59.7 Å². The lowest BCUT2D eigenvalue weighted by molar-refractivity contribution is 0.0338. The lowest BCUT2D eigenvalue weighted by Crippen LogP contribution is -2.35. The van der Waals surface area contributed by atoms with Gasteiger partial charge >= 0.3 is 5.97 Å². The number of ether oxygens (including phenoxy) is 3. The van der Waals surface area contributed by atoms with Gasteiger partial charge in [0.2, 0.25) is 0 Å². The molecule has 0 amide bonds. The summed E-state index contributed by atoms with van der Waals surface area (Å²) in [6.45, 7) is 10.5. The molecule has 2 aliphatic rings. The Morgan fingerprint density at radius 3 is 2.06 bits per heavy atom. The number of rotatable bonds is 10. The van der Waals surface area contributed by atoms with Gasteiger partial charge in [0, 0.05) is 62.4 Å². The van der Waals surface area contributed by atoms with Gasteiger partial charge in [0.05, 0.1) is 50.1 Å². The molecule has 0 saturated carbocycles. The number of hydrogen-bond acceptors (Lipinski definition) is 8. The van der Waals surface area contributed by atoms with Crippen LogP contribution in [0.5, 0.6) is 5.75 Å². The summed E-state index contributed by atoms with van der Waals surface area (Å²) in [5.41, 5.74) is 8.31. The van der Waals surface area contributed by atoms with Gasteiger partial charge in [-0.1, -0.05) is 54.6 Å². The van der Waals surface area contributed by atoms with E-state index < -0.39 is 5.97 Å². The van der Waals surface area contributed by atoms with E-state index in [1.54, 1.807) is 19.2 Å². The van der Waals surface area contributed by atoms with Gasteiger partial charge in [-0.2, -0.15) is 0 Å². The Morgan fingerprint density at radius 1 is 0.780 bits per heavy atom. The van der Waals surface area contributed by atoms with Crippen molar-refractivity contribution in [1.29, 1.82) is 0 Å². The minimum Gasteiger partial charge on any atom is -0.496 e. The molecule has 0 spiro atoms. The van der Waals surface area contributed by atoms with Gasteiger partial charge in [0.1, 0.15) is 11.6 Å². The Bertz CT molecular complexity index is 1890. The van der Waals surface area contributed by atoms with Crippen LogP contribution < -0.4 is 4.74 Å². The number of Topliss-reactive ketones (excluding diaryl/α,β-unsaturated/α-hetero) is 1. The van der Waals surface area contributed by atoms with Crippen molar-refractivity contribution in [2.24, 2.45) is 0 Å². The van der Waals surface area contributed by atoms with Crippen molar-refractivity contribution >= 4 is 22.8 Å². The summed E-state index contributed by atoms with van der Waals surface area (Å²) >= 11 is 0. The smallest absolute Gasteiger partial charge is 0.335 e. The molecule has 2 aliphatic heterocycles. The van der Waals surface area contributed by atoms with Crippen LogP contribution in [0.25, 0.3) is 22.4 Å². The van der Waals surface area contributed by atoms with Crippen LogP contribution in [0.4, 0.5) is 0 Å². The maximum atomic E-state index is 13.2. The Balaban J connectivity index is 0.000000204.